The number of nitrogens with one attached hydrogen (secondary N) is 1. The van der Waals surface area contributed by atoms with Gasteiger partial charge in [-0.25, -0.2) is 18.0 Å². The van der Waals surface area contributed by atoms with E-state index in [0.717, 1.165) is 19.4 Å². The molecule has 278 valence electrons. The zero-order valence-corrected chi connectivity index (χ0v) is 30.0. The van der Waals surface area contributed by atoms with Gasteiger partial charge in [0.15, 0.2) is 12.6 Å². The maximum Gasteiger partial charge on any atom is 0.407 e. The van der Waals surface area contributed by atoms with Crippen LogP contribution in [0.15, 0.2) is 30.5 Å². The van der Waals surface area contributed by atoms with E-state index in [1.807, 2.05) is 25.7 Å². The van der Waals surface area contributed by atoms with Gasteiger partial charge in [0, 0.05) is 68.2 Å². The Bertz CT molecular complexity index is 2140. The van der Waals surface area contributed by atoms with E-state index >= 15 is 8.78 Å². The van der Waals surface area contributed by atoms with Crippen molar-refractivity contribution in [1.29, 1.82) is 0 Å². The lowest BCUT2D eigenvalue weighted by molar-refractivity contribution is 0.0510. The van der Waals surface area contributed by atoms with Gasteiger partial charge in [0.1, 0.15) is 47.0 Å². The van der Waals surface area contributed by atoms with Gasteiger partial charge in [0.25, 0.3) is 0 Å². The fraction of sp³-hybridized carbons (Fsp3) is 0.487. The number of piperidine rings is 1. The van der Waals surface area contributed by atoms with Crippen molar-refractivity contribution >= 4 is 33.6 Å². The maximum atomic E-state index is 17.1. The molecule has 0 spiro atoms. The van der Waals surface area contributed by atoms with E-state index in [2.05, 4.69) is 26.1 Å². The number of fused-ring (bicyclic) bond motifs is 4. The summed E-state index contributed by atoms with van der Waals surface area (Å²) < 4.78 is 69.3. The summed E-state index contributed by atoms with van der Waals surface area (Å²) in [6.07, 6.45) is 7.91. The van der Waals surface area contributed by atoms with Crippen LogP contribution >= 0.6 is 0 Å². The molecule has 4 aliphatic rings. The number of methoxy groups -OCH3 is 1. The molecule has 14 heteroatoms. The number of amides is 1. The quantitative estimate of drug-likeness (QED) is 0.163. The zero-order chi connectivity index (χ0) is 37.2. The number of terminal acetylenes is 1. The first-order chi connectivity index (χ1) is 25.4. The predicted octanol–water partition coefficient (Wildman–Crippen LogP) is 6.00. The molecule has 5 atom stereocenters. The highest BCUT2D eigenvalue weighted by atomic mass is 19.1. The lowest BCUT2D eigenvalue weighted by Gasteiger charge is -2.31. The van der Waals surface area contributed by atoms with Crippen LogP contribution in [0.25, 0.3) is 32.9 Å². The second-order valence-corrected chi connectivity index (χ2v) is 15.5. The lowest BCUT2D eigenvalue weighted by atomic mass is 9.95. The van der Waals surface area contributed by atoms with Crippen LogP contribution in [0.4, 0.5) is 23.8 Å². The zero-order valence-electron chi connectivity index (χ0n) is 30.0. The smallest absolute Gasteiger partial charge is 0.407 e. The Morgan fingerprint density at radius 2 is 1.92 bits per heavy atom. The normalized spacial score (nSPS) is 25.0. The van der Waals surface area contributed by atoms with Crippen molar-refractivity contribution in [1.82, 2.24) is 25.2 Å². The van der Waals surface area contributed by atoms with E-state index < -0.39 is 35.0 Å². The van der Waals surface area contributed by atoms with Crippen LogP contribution in [0.3, 0.4) is 0 Å². The van der Waals surface area contributed by atoms with E-state index in [9.17, 15) is 9.18 Å². The van der Waals surface area contributed by atoms with E-state index in [-0.39, 0.29) is 59.6 Å². The molecule has 11 nitrogen and oxygen atoms in total. The van der Waals surface area contributed by atoms with Crippen molar-refractivity contribution in [2.75, 3.05) is 51.6 Å². The van der Waals surface area contributed by atoms with E-state index in [1.54, 1.807) is 18.2 Å². The number of halogens is 3. The second-order valence-electron chi connectivity index (χ2n) is 15.5. The number of anilines is 1. The van der Waals surface area contributed by atoms with Gasteiger partial charge in [-0.3, -0.25) is 9.88 Å². The van der Waals surface area contributed by atoms with Gasteiger partial charge in [-0.05, 0) is 63.7 Å². The highest BCUT2D eigenvalue weighted by Crippen LogP contribution is 2.48. The number of benzene rings is 2. The van der Waals surface area contributed by atoms with Gasteiger partial charge in [-0.1, -0.05) is 12.0 Å². The monoisotopic (exact) mass is 730 g/mol. The van der Waals surface area contributed by atoms with Crippen molar-refractivity contribution in [2.45, 2.75) is 63.4 Å². The van der Waals surface area contributed by atoms with Crippen molar-refractivity contribution in [3.8, 4) is 35.4 Å². The standard InChI is InChI=1S/C39H41F3N6O5/c1-6-24-29(41)9-8-21-12-23(52-20-50-5)13-25(30(21)24)33-31(42)34-26(15-43-33)35(47-17-27-28(18-47)32(27)45-37(49)53-38(2,3)4)46-36(44-34)51-19-39-10-7-11-48(39)16-22(40)14-39/h1,8-9,12-13,15,22,27-28,32H,7,10-11,14,16-20H2,2-5H3,(H,45,49)/t22-,27-,28+,32?,39+/m1/s1. The van der Waals surface area contributed by atoms with Crippen LogP contribution in [-0.4, -0.2) is 96.0 Å². The Hall–Kier alpha value is -4.87. The molecule has 1 unspecified atom stereocenters. The third-order valence-corrected chi connectivity index (χ3v) is 10.8. The molecule has 8 rings (SSSR count). The Kier molecular flexibility index (Phi) is 8.77. The number of hydrogen-bond donors (Lipinski definition) is 1. The van der Waals surface area contributed by atoms with Crippen molar-refractivity contribution in [3.05, 3.63) is 47.7 Å². The van der Waals surface area contributed by atoms with Gasteiger partial charge in [-0.2, -0.15) is 9.97 Å². The number of pyridine rings is 1. The first-order valence-electron chi connectivity index (χ1n) is 17.9. The molecule has 1 N–H and O–H groups in total. The number of ether oxygens (including phenoxy) is 4. The topological polar surface area (TPSA) is 111 Å². The molecule has 5 heterocycles. The molecule has 4 fully saturated rings. The summed E-state index contributed by atoms with van der Waals surface area (Å²) in [5.74, 6) is 2.04. The minimum atomic E-state index is -0.951. The van der Waals surface area contributed by atoms with E-state index in [0.29, 0.717) is 53.8 Å². The van der Waals surface area contributed by atoms with Crippen molar-refractivity contribution in [3.63, 3.8) is 0 Å². The van der Waals surface area contributed by atoms with Crippen LogP contribution in [0, 0.1) is 35.8 Å². The molecular formula is C39H41F3N6O5. The number of carbonyl (C=O) groups is 1. The molecule has 2 aromatic heterocycles. The molecule has 1 aliphatic carbocycles. The van der Waals surface area contributed by atoms with Crippen LogP contribution < -0.4 is 19.7 Å². The molecule has 1 saturated carbocycles. The number of alkyl carbamates (subject to hydrolysis) is 1. The second kappa shape index (κ2) is 13.2. The summed E-state index contributed by atoms with van der Waals surface area (Å²) >= 11 is 0. The van der Waals surface area contributed by atoms with Crippen molar-refractivity contribution < 1.29 is 36.9 Å². The summed E-state index contributed by atoms with van der Waals surface area (Å²) in [6, 6.07) is 5.91. The molecule has 2 aromatic carbocycles. The number of hydrogen-bond acceptors (Lipinski definition) is 10. The van der Waals surface area contributed by atoms with Gasteiger partial charge in [0.05, 0.1) is 16.5 Å². The average Bonchev–Trinajstić information content (AvgIpc) is 3.44. The fourth-order valence-electron chi connectivity index (χ4n) is 8.47. The molecule has 0 radical (unpaired) electrons. The maximum absolute atomic E-state index is 17.1. The van der Waals surface area contributed by atoms with Crippen LogP contribution in [0.2, 0.25) is 0 Å². The third-order valence-electron chi connectivity index (χ3n) is 10.8. The summed E-state index contributed by atoms with van der Waals surface area (Å²) in [7, 11) is 1.48. The molecular weight excluding hydrogens is 689 g/mol. The van der Waals surface area contributed by atoms with Crippen LogP contribution in [0.5, 0.6) is 11.8 Å². The van der Waals surface area contributed by atoms with Crippen LogP contribution in [0.1, 0.15) is 45.6 Å². The number of rotatable bonds is 9. The molecule has 3 aliphatic heterocycles. The highest BCUT2D eigenvalue weighted by Gasteiger charge is 2.57. The van der Waals surface area contributed by atoms with Gasteiger partial charge < -0.3 is 29.2 Å². The fourth-order valence-corrected chi connectivity index (χ4v) is 8.47. The SMILES string of the molecule is C#Cc1c(F)ccc2cc(OCOC)cc(-c3ncc4c(N5C[C@@H]6C(NC(=O)OC(C)(C)C)[C@@H]6C5)nc(OC[C@@]56CCCN5C[C@H](F)C6)nc4c3F)c12. The summed E-state index contributed by atoms with van der Waals surface area (Å²) in [5, 5.41) is 4.14. The molecule has 0 bridgehead atoms. The number of nitrogens with zero attached hydrogens (tertiary/aromatic N) is 5. The lowest BCUT2D eigenvalue weighted by Crippen LogP contribution is -2.43. The number of carbonyl (C=O) groups excluding carboxylic acids is 1. The Labute approximate surface area is 305 Å². The summed E-state index contributed by atoms with van der Waals surface area (Å²) in [6.45, 7) is 7.73. The Morgan fingerprint density at radius 1 is 1.13 bits per heavy atom. The molecule has 3 saturated heterocycles. The molecule has 4 aromatic rings. The first kappa shape index (κ1) is 35.2. The largest absolute Gasteiger partial charge is 0.468 e. The van der Waals surface area contributed by atoms with Crippen molar-refractivity contribution in [2.24, 2.45) is 11.8 Å². The summed E-state index contributed by atoms with van der Waals surface area (Å²) in [4.78, 5) is 30.6. The molecule has 53 heavy (non-hydrogen) atoms. The Balaban J connectivity index is 1.19. The minimum absolute atomic E-state index is 0.0431. The highest BCUT2D eigenvalue weighted by molar-refractivity contribution is 6.03. The van der Waals surface area contributed by atoms with E-state index in [1.165, 1.54) is 19.4 Å². The minimum Gasteiger partial charge on any atom is -0.468 e. The predicted molar refractivity (Wildman–Crippen MR) is 192 cm³/mol. The van der Waals surface area contributed by atoms with Gasteiger partial charge >= 0.3 is 12.1 Å². The van der Waals surface area contributed by atoms with Crippen LogP contribution in [-0.2, 0) is 9.47 Å². The van der Waals surface area contributed by atoms with Gasteiger partial charge in [0.2, 0.25) is 0 Å². The van der Waals surface area contributed by atoms with Gasteiger partial charge in [-0.15, -0.1) is 6.42 Å². The third kappa shape index (κ3) is 6.44. The first-order valence-corrected chi connectivity index (χ1v) is 17.9. The summed E-state index contributed by atoms with van der Waals surface area (Å²) in [5.41, 5.74) is -1.10. The number of alkyl halides is 1. The number of aromatic nitrogens is 3. The molecule has 1 amide bonds. The average molecular weight is 731 g/mol. The van der Waals surface area contributed by atoms with E-state index in [4.69, 9.17) is 30.4 Å². The Morgan fingerprint density at radius 3 is 2.66 bits per heavy atom.